The van der Waals surface area contributed by atoms with Gasteiger partial charge in [-0.05, 0) is 26.3 Å². The molecule has 76 valence electrons. The van der Waals surface area contributed by atoms with Gasteiger partial charge >= 0.3 is 5.97 Å². The van der Waals surface area contributed by atoms with Crippen LogP contribution in [0.15, 0.2) is 12.7 Å². The summed E-state index contributed by atoms with van der Waals surface area (Å²) in [6.45, 7) is 5.93. The van der Waals surface area contributed by atoms with Crippen LogP contribution < -0.4 is 5.32 Å². The second kappa shape index (κ2) is 7.80. The second-order valence-electron chi connectivity index (χ2n) is 2.92. The van der Waals surface area contributed by atoms with Gasteiger partial charge in [-0.25, -0.2) is 0 Å². The summed E-state index contributed by atoms with van der Waals surface area (Å²) in [7, 11) is 1.73. The molecule has 13 heavy (non-hydrogen) atoms. The van der Waals surface area contributed by atoms with Crippen LogP contribution in [0.5, 0.6) is 0 Å². The van der Waals surface area contributed by atoms with Crippen LogP contribution in [0, 0.1) is 0 Å². The summed E-state index contributed by atoms with van der Waals surface area (Å²) in [4.78, 5) is 11.1. The van der Waals surface area contributed by atoms with E-state index in [-0.39, 0.29) is 18.6 Å². The maximum Gasteiger partial charge on any atom is 0.320 e. The van der Waals surface area contributed by atoms with E-state index < -0.39 is 0 Å². The molecule has 1 atom stereocenters. The van der Waals surface area contributed by atoms with E-state index in [0.29, 0.717) is 0 Å². The summed E-state index contributed by atoms with van der Waals surface area (Å²) < 4.78 is 5.19. The highest BCUT2D eigenvalue weighted by atomic mass is 16.5. The number of carbonyl (C=O) groups excluding carboxylic acids is 1. The molecule has 0 aliphatic rings. The Morgan fingerprint density at radius 1 is 1.69 bits per heavy atom. The zero-order valence-electron chi connectivity index (χ0n) is 8.51. The average Bonchev–Trinajstić information content (AvgIpc) is 2.12. The third-order valence-corrected chi connectivity index (χ3v) is 1.77. The van der Waals surface area contributed by atoms with Crippen LogP contribution in [0.2, 0.25) is 0 Å². The first-order valence-corrected chi connectivity index (χ1v) is 4.69. The summed E-state index contributed by atoms with van der Waals surface area (Å²) in [6.07, 6.45) is 4.51. The van der Waals surface area contributed by atoms with Gasteiger partial charge < -0.3 is 10.1 Å². The monoisotopic (exact) mass is 185 g/mol. The molecule has 0 bridgehead atoms. The lowest BCUT2D eigenvalue weighted by Gasteiger charge is -2.14. The number of allylic oxidation sites excluding steroid dienone is 1. The summed E-state index contributed by atoms with van der Waals surface area (Å²) in [6, 6.07) is 0. The van der Waals surface area contributed by atoms with Crippen LogP contribution in [0.3, 0.4) is 0 Å². The Kier molecular flexibility index (Phi) is 7.30. The van der Waals surface area contributed by atoms with Crippen molar-refractivity contribution in [1.29, 1.82) is 0 Å². The van der Waals surface area contributed by atoms with E-state index >= 15 is 0 Å². The van der Waals surface area contributed by atoms with Crippen molar-refractivity contribution in [3.05, 3.63) is 12.7 Å². The Labute approximate surface area is 80.2 Å². The highest BCUT2D eigenvalue weighted by Gasteiger charge is 2.10. The van der Waals surface area contributed by atoms with Gasteiger partial charge in [-0.15, -0.1) is 6.58 Å². The van der Waals surface area contributed by atoms with Gasteiger partial charge in [0.05, 0.1) is 6.54 Å². The first kappa shape index (κ1) is 12.2. The van der Waals surface area contributed by atoms with Crippen molar-refractivity contribution in [3.8, 4) is 0 Å². The van der Waals surface area contributed by atoms with Crippen molar-refractivity contribution in [2.45, 2.75) is 32.3 Å². The van der Waals surface area contributed by atoms with E-state index in [1.165, 1.54) is 0 Å². The van der Waals surface area contributed by atoms with E-state index in [1.807, 2.05) is 13.0 Å². The zero-order chi connectivity index (χ0) is 10.1. The first-order valence-electron chi connectivity index (χ1n) is 4.69. The molecule has 0 heterocycles. The van der Waals surface area contributed by atoms with E-state index in [0.717, 1.165) is 19.3 Å². The molecule has 0 amide bonds. The van der Waals surface area contributed by atoms with E-state index in [9.17, 15) is 4.79 Å². The van der Waals surface area contributed by atoms with Crippen LogP contribution >= 0.6 is 0 Å². The topological polar surface area (TPSA) is 38.3 Å². The highest BCUT2D eigenvalue weighted by molar-refractivity contribution is 5.71. The minimum absolute atomic E-state index is 0.0406. The minimum Gasteiger partial charge on any atom is -0.461 e. The minimum atomic E-state index is -0.182. The molecule has 0 fully saturated rings. The van der Waals surface area contributed by atoms with Crippen molar-refractivity contribution in [2.75, 3.05) is 13.6 Å². The van der Waals surface area contributed by atoms with Crippen molar-refractivity contribution < 1.29 is 9.53 Å². The van der Waals surface area contributed by atoms with Crippen molar-refractivity contribution in [1.82, 2.24) is 5.32 Å². The lowest BCUT2D eigenvalue weighted by molar-refractivity contribution is -0.148. The molecule has 0 aromatic heterocycles. The normalized spacial score (nSPS) is 12.2. The third-order valence-electron chi connectivity index (χ3n) is 1.77. The Morgan fingerprint density at radius 3 is 2.85 bits per heavy atom. The Hall–Kier alpha value is -0.830. The van der Waals surface area contributed by atoms with E-state index in [4.69, 9.17) is 4.74 Å². The number of nitrogens with one attached hydrogen (secondary N) is 1. The fraction of sp³-hybridized carbons (Fsp3) is 0.700. The van der Waals surface area contributed by atoms with Crippen molar-refractivity contribution >= 4 is 5.97 Å². The largest absolute Gasteiger partial charge is 0.461 e. The van der Waals surface area contributed by atoms with Gasteiger partial charge in [-0.1, -0.05) is 13.0 Å². The molecular formula is C10H19NO2. The van der Waals surface area contributed by atoms with Gasteiger partial charge in [-0.2, -0.15) is 0 Å². The predicted molar refractivity (Wildman–Crippen MR) is 53.5 cm³/mol. The maximum absolute atomic E-state index is 11.1. The van der Waals surface area contributed by atoms with Gasteiger partial charge in [0, 0.05) is 0 Å². The van der Waals surface area contributed by atoms with Gasteiger partial charge in [-0.3, -0.25) is 4.79 Å². The average molecular weight is 185 g/mol. The second-order valence-corrected chi connectivity index (χ2v) is 2.92. The molecule has 0 aromatic rings. The van der Waals surface area contributed by atoms with Crippen molar-refractivity contribution in [2.24, 2.45) is 0 Å². The number of rotatable bonds is 7. The van der Waals surface area contributed by atoms with Crippen LogP contribution in [0.4, 0.5) is 0 Å². The SMILES string of the molecule is C=CCCC(CC)OC(=O)CNC. The Balaban J connectivity index is 3.68. The zero-order valence-corrected chi connectivity index (χ0v) is 8.51. The molecule has 0 rings (SSSR count). The lowest BCUT2D eigenvalue weighted by atomic mass is 10.1. The fourth-order valence-corrected chi connectivity index (χ4v) is 1.02. The van der Waals surface area contributed by atoms with Gasteiger partial charge in [0.25, 0.3) is 0 Å². The Morgan fingerprint density at radius 2 is 2.38 bits per heavy atom. The van der Waals surface area contributed by atoms with E-state index in [2.05, 4.69) is 11.9 Å². The smallest absolute Gasteiger partial charge is 0.320 e. The van der Waals surface area contributed by atoms with Crippen molar-refractivity contribution in [3.63, 3.8) is 0 Å². The number of carbonyl (C=O) groups is 1. The first-order chi connectivity index (χ1) is 6.24. The van der Waals surface area contributed by atoms with Gasteiger partial charge in [0.2, 0.25) is 0 Å². The maximum atomic E-state index is 11.1. The molecule has 3 heteroatoms. The summed E-state index contributed by atoms with van der Waals surface area (Å²) in [5, 5.41) is 2.76. The quantitative estimate of drug-likeness (QED) is 0.482. The van der Waals surface area contributed by atoms with Crippen LogP contribution in [-0.4, -0.2) is 25.7 Å². The van der Waals surface area contributed by atoms with Gasteiger partial charge in [0.1, 0.15) is 6.10 Å². The molecule has 0 aromatic carbocycles. The van der Waals surface area contributed by atoms with Gasteiger partial charge in [0.15, 0.2) is 0 Å². The molecule has 0 saturated heterocycles. The third kappa shape index (κ3) is 6.34. The molecular weight excluding hydrogens is 166 g/mol. The molecule has 0 aliphatic carbocycles. The summed E-state index contributed by atoms with van der Waals surface area (Å²) in [5.41, 5.74) is 0. The molecule has 0 aliphatic heterocycles. The highest BCUT2D eigenvalue weighted by Crippen LogP contribution is 2.06. The number of ether oxygens (including phenoxy) is 1. The van der Waals surface area contributed by atoms with Crippen LogP contribution in [0.1, 0.15) is 26.2 Å². The molecule has 3 nitrogen and oxygen atoms in total. The summed E-state index contributed by atoms with van der Waals surface area (Å²) >= 11 is 0. The number of likely N-dealkylation sites (N-methyl/N-ethyl adjacent to an activating group) is 1. The molecule has 0 radical (unpaired) electrons. The molecule has 1 N–H and O–H groups in total. The summed E-state index contributed by atoms with van der Waals surface area (Å²) in [5.74, 6) is -0.182. The number of esters is 1. The molecule has 0 spiro atoms. The Bertz CT molecular complexity index is 157. The lowest BCUT2D eigenvalue weighted by Crippen LogP contribution is -2.25. The fourth-order valence-electron chi connectivity index (χ4n) is 1.02. The number of hydrogen-bond acceptors (Lipinski definition) is 3. The van der Waals surface area contributed by atoms with E-state index in [1.54, 1.807) is 7.05 Å². The van der Waals surface area contributed by atoms with Crippen LogP contribution in [0.25, 0.3) is 0 Å². The molecule has 0 saturated carbocycles. The predicted octanol–water partition coefficient (Wildman–Crippen LogP) is 1.49. The van der Waals surface area contributed by atoms with Crippen LogP contribution in [-0.2, 0) is 9.53 Å². The standard InChI is InChI=1S/C10H19NO2/c1-4-6-7-9(5-2)13-10(12)8-11-3/h4,9,11H,1,5-8H2,2-3H3. The number of hydrogen-bond donors (Lipinski definition) is 1. The molecule has 1 unspecified atom stereocenters.